The number of alkyl halides is 7. The summed E-state index contributed by atoms with van der Waals surface area (Å²) in [6, 6.07) is 3.53. The molecule has 0 bridgehead atoms. The molecule has 1 rings (SSSR count). The first kappa shape index (κ1) is 15.8. The van der Waals surface area contributed by atoms with Gasteiger partial charge in [0.05, 0.1) is 0 Å². The highest BCUT2D eigenvalue weighted by Gasteiger charge is 2.73. The number of hydrogen-bond acceptors (Lipinski definition) is 0. The van der Waals surface area contributed by atoms with Gasteiger partial charge in [-0.25, -0.2) is 0 Å². The summed E-state index contributed by atoms with van der Waals surface area (Å²) in [5.74, 6) is -11.4. The number of rotatable bonds is 4. The molecule has 0 N–H and O–H groups in total. The Morgan fingerprint density at radius 2 is 1.58 bits per heavy atom. The fourth-order valence-corrected chi connectivity index (χ4v) is 1.46. The van der Waals surface area contributed by atoms with Crippen molar-refractivity contribution in [2.75, 3.05) is 0 Å². The van der Waals surface area contributed by atoms with Crippen molar-refractivity contribution in [2.24, 2.45) is 0 Å². The molecule has 0 aliphatic carbocycles. The van der Waals surface area contributed by atoms with Crippen LogP contribution >= 0.6 is 0 Å². The molecule has 0 aromatic heterocycles. The van der Waals surface area contributed by atoms with Crippen molar-refractivity contribution >= 4 is 0 Å². The third-order valence-electron chi connectivity index (χ3n) is 2.44. The van der Waals surface area contributed by atoms with Gasteiger partial charge in [-0.15, -0.1) is 0 Å². The minimum Gasteiger partial charge on any atom is -0.194 e. The van der Waals surface area contributed by atoms with Crippen LogP contribution in [0.15, 0.2) is 24.3 Å². The van der Waals surface area contributed by atoms with Crippen LogP contribution in [0.1, 0.15) is 24.5 Å². The summed E-state index contributed by atoms with van der Waals surface area (Å²) < 4.78 is 88.5. The van der Waals surface area contributed by atoms with E-state index in [1.165, 1.54) is 12.5 Å². The van der Waals surface area contributed by atoms with Crippen LogP contribution < -0.4 is 0 Å². The van der Waals surface area contributed by atoms with E-state index in [9.17, 15) is 30.7 Å². The zero-order valence-corrected chi connectivity index (χ0v) is 9.74. The lowest BCUT2D eigenvalue weighted by atomic mass is 9.98. The van der Waals surface area contributed by atoms with Crippen molar-refractivity contribution in [3.8, 4) is 0 Å². The van der Waals surface area contributed by atoms with E-state index in [0.717, 1.165) is 6.07 Å². The predicted molar refractivity (Wildman–Crippen MR) is 55.0 cm³/mol. The summed E-state index contributed by atoms with van der Waals surface area (Å²) in [6.07, 6.45) is -4.45. The van der Waals surface area contributed by atoms with E-state index in [2.05, 4.69) is 0 Å². The lowest BCUT2D eigenvalue weighted by Gasteiger charge is -2.28. The number of halogens is 7. The van der Waals surface area contributed by atoms with Crippen molar-refractivity contribution in [3.05, 3.63) is 41.8 Å². The maximum absolute atomic E-state index is 13.4. The molecule has 0 heterocycles. The van der Waals surface area contributed by atoms with Gasteiger partial charge in [-0.1, -0.05) is 25.1 Å². The third kappa shape index (κ3) is 2.84. The Bertz CT molecular complexity index is 434. The third-order valence-corrected chi connectivity index (χ3v) is 2.44. The smallest absolute Gasteiger partial charge is 0.194 e. The minimum atomic E-state index is -6.32. The van der Waals surface area contributed by atoms with Gasteiger partial charge in [0.2, 0.25) is 0 Å². The standard InChI is InChI=1S/C12H10F7/c1-2-4-8-5-3-6-9(7-8)10(13,14)11(15,16)12(17,18)19/h3-7H,2H2,1H3. The van der Waals surface area contributed by atoms with Gasteiger partial charge in [0, 0.05) is 5.56 Å². The van der Waals surface area contributed by atoms with E-state index in [-0.39, 0.29) is 5.56 Å². The SMILES string of the molecule is CC[CH]c1cccc(C(F)(F)C(F)(F)C(F)(F)F)c1. The normalized spacial score (nSPS) is 13.7. The van der Waals surface area contributed by atoms with E-state index < -0.39 is 23.6 Å². The van der Waals surface area contributed by atoms with Crippen LogP contribution in [0.25, 0.3) is 0 Å². The zero-order chi connectivity index (χ0) is 14.9. The lowest BCUT2D eigenvalue weighted by molar-refractivity contribution is -0.359. The molecule has 1 aromatic rings. The van der Waals surface area contributed by atoms with Gasteiger partial charge in [0.25, 0.3) is 0 Å². The molecule has 0 nitrogen and oxygen atoms in total. The Balaban J connectivity index is 3.23. The number of hydrogen-bond donors (Lipinski definition) is 0. The van der Waals surface area contributed by atoms with Gasteiger partial charge >= 0.3 is 18.0 Å². The Morgan fingerprint density at radius 3 is 2.05 bits per heavy atom. The van der Waals surface area contributed by atoms with Gasteiger partial charge in [-0.2, -0.15) is 30.7 Å². The first-order valence-corrected chi connectivity index (χ1v) is 5.30. The van der Waals surface area contributed by atoms with Crippen LogP contribution in [0.3, 0.4) is 0 Å². The summed E-state index contributed by atoms with van der Waals surface area (Å²) in [4.78, 5) is 0. The lowest BCUT2D eigenvalue weighted by Crippen LogP contribution is -2.50. The van der Waals surface area contributed by atoms with Crippen molar-refractivity contribution in [2.45, 2.75) is 31.4 Å². The van der Waals surface area contributed by atoms with E-state index in [1.54, 1.807) is 6.92 Å². The molecular weight excluding hydrogens is 277 g/mol. The second kappa shape index (κ2) is 5.02. The Labute approximate surface area is 105 Å². The molecule has 1 aromatic carbocycles. The first-order chi connectivity index (χ1) is 8.54. The summed E-state index contributed by atoms with van der Waals surface area (Å²) in [5.41, 5.74) is -1.20. The molecule has 0 atom stereocenters. The maximum atomic E-state index is 13.4. The van der Waals surface area contributed by atoms with Crippen molar-refractivity contribution in [1.29, 1.82) is 0 Å². The molecule has 0 saturated heterocycles. The van der Waals surface area contributed by atoms with Crippen molar-refractivity contribution in [1.82, 2.24) is 0 Å². The van der Waals surface area contributed by atoms with E-state index in [1.807, 2.05) is 0 Å². The summed E-state index contributed by atoms with van der Waals surface area (Å²) in [7, 11) is 0. The second-order valence-electron chi connectivity index (χ2n) is 3.88. The molecule has 107 valence electrons. The predicted octanol–water partition coefficient (Wildman–Crippen LogP) is 4.94. The Hall–Kier alpha value is -1.27. The van der Waals surface area contributed by atoms with E-state index >= 15 is 0 Å². The first-order valence-electron chi connectivity index (χ1n) is 5.30. The highest BCUT2D eigenvalue weighted by atomic mass is 19.4. The summed E-state index contributed by atoms with van der Waals surface area (Å²) >= 11 is 0. The molecule has 0 fully saturated rings. The maximum Gasteiger partial charge on any atom is 0.460 e. The average Bonchev–Trinajstić information content (AvgIpc) is 2.28. The summed E-state index contributed by atoms with van der Waals surface area (Å²) in [5, 5.41) is 0. The van der Waals surface area contributed by atoms with Crippen LogP contribution in [-0.4, -0.2) is 12.1 Å². The van der Waals surface area contributed by atoms with Crippen LogP contribution in [-0.2, 0) is 5.92 Å². The highest BCUT2D eigenvalue weighted by Crippen LogP contribution is 2.51. The van der Waals surface area contributed by atoms with Crippen LogP contribution in [0.5, 0.6) is 0 Å². The molecular formula is C12H10F7. The van der Waals surface area contributed by atoms with Crippen LogP contribution in [0, 0.1) is 6.42 Å². The molecule has 0 saturated carbocycles. The van der Waals surface area contributed by atoms with Crippen LogP contribution in [0.2, 0.25) is 0 Å². The molecule has 0 aliphatic rings. The molecule has 19 heavy (non-hydrogen) atoms. The zero-order valence-electron chi connectivity index (χ0n) is 9.74. The quantitative estimate of drug-likeness (QED) is 0.688. The average molecular weight is 287 g/mol. The summed E-state index contributed by atoms with van der Waals surface area (Å²) in [6.45, 7) is 1.68. The fraction of sp³-hybridized carbons (Fsp3) is 0.417. The fourth-order valence-electron chi connectivity index (χ4n) is 1.46. The molecule has 0 aliphatic heterocycles. The van der Waals surface area contributed by atoms with Crippen molar-refractivity contribution < 1.29 is 30.7 Å². The largest absolute Gasteiger partial charge is 0.460 e. The number of benzene rings is 1. The monoisotopic (exact) mass is 287 g/mol. The van der Waals surface area contributed by atoms with Gasteiger partial charge in [-0.05, 0) is 24.5 Å². The molecule has 7 heteroatoms. The second-order valence-corrected chi connectivity index (χ2v) is 3.88. The molecule has 0 spiro atoms. The van der Waals surface area contributed by atoms with Crippen molar-refractivity contribution in [3.63, 3.8) is 0 Å². The van der Waals surface area contributed by atoms with E-state index in [0.29, 0.717) is 18.6 Å². The van der Waals surface area contributed by atoms with Gasteiger partial charge in [-0.3, -0.25) is 0 Å². The Morgan fingerprint density at radius 1 is 1.00 bits per heavy atom. The van der Waals surface area contributed by atoms with Gasteiger partial charge < -0.3 is 0 Å². The van der Waals surface area contributed by atoms with Crippen LogP contribution in [0.4, 0.5) is 30.7 Å². The molecule has 1 radical (unpaired) electrons. The van der Waals surface area contributed by atoms with E-state index in [4.69, 9.17) is 0 Å². The van der Waals surface area contributed by atoms with Gasteiger partial charge in [0.1, 0.15) is 0 Å². The topological polar surface area (TPSA) is 0 Å². The highest BCUT2D eigenvalue weighted by molar-refractivity contribution is 5.32. The minimum absolute atomic E-state index is 0.164. The molecule has 0 amide bonds. The Kier molecular flexibility index (Phi) is 4.17. The van der Waals surface area contributed by atoms with Gasteiger partial charge in [0.15, 0.2) is 0 Å². The molecule has 0 unspecified atom stereocenters.